The minimum atomic E-state index is 0.677. The number of nitrogens with two attached hydrogens (primary N) is 1. The second-order valence-corrected chi connectivity index (χ2v) is 4.72. The lowest BCUT2D eigenvalue weighted by molar-refractivity contribution is 1.00. The molecule has 6 heteroatoms. The van der Waals surface area contributed by atoms with Crippen LogP contribution in [0.3, 0.4) is 0 Å². The molecule has 2 rings (SSSR count). The fourth-order valence-electron chi connectivity index (χ4n) is 0.916. The predicted octanol–water partition coefficient (Wildman–Crippen LogP) is 1.97. The van der Waals surface area contributed by atoms with E-state index in [1.807, 2.05) is 19.1 Å². The Morgan fingerprint density at radius 1 is 1.43 bits per heavy atom. The van der Waals surface area contributed by atoms with Crippen LogP contribution in [-0.4, -0.2) is 15.2 Å². The number of hydrogen-bond acceptors (Lipinski definition) is 6. The normalized spacial score (nSPS) is 10.4. The SMILES string of the molecule is Cc1ccc(N)c(Sc2nncs2)n1. The van der Waals surface area contributed by atoms with Gasteiger partial charge in [0.25, 0.3) is 0 Å². The lowest BCUT2D eigenvalue weighted by Crippen LogP contribution is -1.93. The van der Waals surface area contributed by atoms with Crippen molar-refractivity contribution in [3.05, 3.63) is 23.3 Å². The van der Waals surface area contributed by atoms with Crippen molar-refractivity contribution in [2.75, 3.05) is 5.73 Å². The van der Waals surface area contributed by atoms with Crippen LogP contribution < -0.4 is 5.73 Å². The zero-order chi connectivity index (χ0) is 9.97. The Morgan fingerprint density at radius 2 is 2.29 bits per heavy atom. The van der Waals surface area contributed by atoms with Gasteiger partial charge < -0.3 is 5.73 Å². The zero-order valence-corrected chi connectivity index (χ0v) is 9.10. The minimum absolute atomic E-state index is 0.677. The standard InChI is InChI=1S/C8H8N4S2/c1-5-2-3-6(9)7(11-5)14-8-12-10-4-13-8/h2-4H,9H2,1H3. The second kappa shape index (κ2) is 3.93. The van der Waals surface area contributed by atoms with E-state index in [4.69, 9.17) is 5.73 Å². The lowest BCUT2D eigenvalue weighted by Gasteiger charge is -2.01. The highest BCUT2D eigenvalue weighted by molar-refractivity contribution is 8.01. The summed E-state index contributed by atoms with van der Waals surface area (Å²) in [7, 11) is 0. The van der Waals surface area contributed by atoms with Crippen LogP contribution in [-0.2, 0) is 0 Å². The number of aromatic nitrogens is 3. The van der Waals surface area contributed by atoms with Crippen LogP contribution in [0.4, 0.5) is 5.69 Å². The van der Waals surface area contributed by atoms with Crippen LogP contribution in [0.2, 0.25) is 0 Å². The molecule has 0 amide bonds. The molecule has 0 saturated carbocycles. The van der Waals surface area contributed by atoms with Crippen molar-refractivity contribution in [2.45, 2.75) is 16.3 Å². The maximum Gasteiger partial charge on any atom is 0.180 e. The summed E-state index contributed by atoms with van der Waals surface area (Å²) in [5.41, 5.74) is 9.09. The first-order valence-electron chi connectivity index (χ1n) is 3.93. The number of anilines is 1. The van der Waals surface area contributed by atoms with E-state index in [2.05, 4.69) is 15.2 Å². The fourth-order valence-corrected chi connectivity index (χ4v) is 2.38. The summed E-state index contributed by atoms with van der Waals surface area (Å²) in [6, 6.07) is 3.74. The van der Waals surface area contributed by atoms with Crippen molar-refractivity contribution in [1.29, 1.82) is 0 Å². The molecule has 2 aromatic heterocycles. The number of hydrogen-bond donors (Lipinski definition) is 1. The summed E-state index contributed by atoms with van der Waals surface area (Å²) in [5, 5.41) is 8.46. The molecular weight excluding hydrogens is 216 g/mol. The lowest BCUT2D eigenvalue weighted by atomic mass is 10.3. The van der Waals surface area contributed by atoms with Gasteiger partial charge in [0.05, 0.1) is 5.69 Å². The maximum atomic E-state index is 5.78. The molecule has 0 aliphatic rings. The van der Waals surface area contributed by atoms with Crippen molar-refractivity contribution >= 4 is 28.8 Å². The van der Waals surface area contributed by atoms with Crippen LogP contribution in [0.1, 0.15) is 5.69 Å². The van der Waals surface area contributed by atoms with E-state index in [1.54, 1.807) is 5.51 Å². The topological polar surface area (TPSA) is 64.7 Å². The van der Waals surface area contributed by atoms with Gasteiger partial charge in [0.2, 0.25) is 0 Å². The molecule has 0 unspecified atom stereocenters. The summed E-state index contributed by atoms with van der Waals surface area (Å²) in [5.74, 6) is 0. The van der Waals surface area contributed by atoms with Crippen molar-refractivity contribution < 1.29 is 0 Å². The van der Waals surface area contributed by atoms with Crippen molar-refractivity contribution in [3.8, 4) is 0 Å². The van der Waals surface area contributed by atoms with Gasteiger partial charge >= 0.3 is 0 Å². The second-order valence-electron chi connectivity index (χ2n) is 2.65. The van der Waals surface area contributed by atoms with Crippen molar-refractivity contribution in [3.63, 3.8) is 0 Å². The Kier molecular flexibility index (Phi) is 2.64. The maximum absolute atomic E-state index is 5.78. The van der Waals surface area contributed by atoms with Gasteiger partial charge in [-0.3, -0.25) is 0 Å². The molecule has 0 atom stereocenters. The summed E-state index contributed by atoms with van der Waals surface area (Å²) in [4.78, 5) is 4.32. The fraction of sp³-hybridized carbons (Fsp3) is 0.125. The first kappa shape index (κ1) is 9.42. The molecule has 2 heterocycles. The van der Waals surface area contributed by atoms with Gasteiger partial charge in [-0.2, -0.15) is 0 Å². The highest BCUT2D eigenvalue weighted by atomic mass is 32.2. The van der Waals surface area contributed by atoms with Crippen molar-refractivity contribution in [2.24, 2.45) is 0 Å². The van der Waals surface area contributed by atoms with Crippen LogP contribution in [0.5, 0.6) is 0 Å². The van der Waals surface area contributed by atoms with Crippen molar-refractivity contribution in [1.82, 2.24) is 15.2 Å². The van der Waals surface area contributed by atoms with Crippen LogP contribution in [0, 0.1) is 6.92 Å². The number of nitrogen functional groups attached to an aromatic ring is 1. The molecule has 72 valence electrons. The van der Waals surface area contributed by atoms with Crippen LogP contribution >= 0.6 is 23.1 Å². The van der Waals surface area contributed by atoms with Crippen LogP contribution in [0.15, 0.2) is 27.0 Å². The molecule has 2 aromatic rings. The van der Waals surface area contributed by atoms with Gasteiger partial charge in [0, 0.05) is 5.69 Å². The molecule has 0 aliphatic carbocycles. The number of nitrogens with zero attached hydrogens (tertiary/aromatic N) is 3. The third kappa shape index (κ3) is 2.02. The monoisotopic (exact) mass is 224 g/mol. The molecular formula is C8H8N4S2. The van der Waals surface area contributed by atoms with Gasteiger partial charge in [0.1, 0.15) is 10.5 Å². The van der Waals surface area contributed by atoms with Crippen LogP contribution in [0.25, 0.3) is 0 Å². The van der Waals surface area contributed by atoms with Gasteiger partial charge in [-0.05, 0) is 30.8 Å². The number of aryl methyl sites for hydroxylation is 1. The Bertz CT molecular complexity index is 427. The molecule has 0 saturated heterocycles. The highest BCUT2D eigenvalue weighted by Crippen LogP contribution is 2.30. The number of pyridine rings is 1. The summed E-state index contributed by atoms with van der Waals surface area (Å²) >= 11 is 2.92. The van der Waals surface area contributed by atoms with E-state index in [-0.39, 0.29) is 0 Å². The average molecular weight is 224 g/mol. The molecule has 4 nitrogen and oxygen atoms in total. The van der Waals surface area contributed by atoms with E-state index in [0.717, 1.165) is 15.1 Å². The summed E-state index contributed by atoms with van der Waals surface area (Å²) in [6.07, 6.45) is 0. The first-order chi connectivity index (χ1) is 6.75. The molecule has 0 spiro atoms. The molecule has 0 bridgehead atoms. The van der Waals surface area contributed by atoms with Gasteiger partial charge in [0.15, 0.2) is 4.34 Å². The minimum Gasteiger partial charge on any atom is -0.397 e. The van der Waals surface area contributed by atoms with Gasteiger partial charge in [-0.1, -0.05) is 11.3 Å². The predicted molar refractivity (Wildman–Crippen MR) is 57.4 cm³/mol. The van der Waals surface area contributed by atoms with E-state index in [1.165, 1.54) is 23.1 Å². The van der Waals surface area contributed by atoms with E-state index >= 15 is 0 Å². The molecule has 14 heavy (non-hydrogen) atoms. The third-order valence-electron chi connectivity index (χ3n) is 1.55. The molecule has 0 fully saturated rings. The van der Waals surface area contributed by atoms with E-state index in [9.17, 15) is 0 Å². The third-order valence-corrected chi connectivity index (χ3v) is 3.35. The Hall–Kier alpha value is -1.14. The average Bonchev–Trinajstić information content (AvgIpc) is 2.64. The van der Waals surface area contributed by atoms with E-state index < -0.39 is 0 Å². The summed E-state index contributed by atoms with van der Waals surface area (Å²) in [6.45, 7) is 1.93. The molecule has 2 N–H and O–H groups in total. The van der Waals surface area contributed by atoms with Gasteiger partial charge in [-0.25, -0.2) is 4.98 Å². The zero-order valence-electron chi connectivity index (χ0n) is 7.47. The Balaban J connectivity index is 2.28. The highest BCUT2D eigenvalue weighted by Gasteiger charge is 2.06. The molecule has 0 radical (unpaired) electrons. The number of rotatable bonds is 2. The molecule has 0 aromatic carbocycles. The first-order valence-corrected chi connectivity index (χ1v) is 5.62. The van der Waals surface area contributed by atoms with E-state index in [0.29, 0.717) is 5.69 Å². The van der Waals surface area contributed by atoms with Gasteiger partial charge in [-0.15, -0.1) is 10.2 Å². The molecule has 0 aliphatic heterocycles. The summed E-state index contributed by atoms with van der Waals surface area (Å²) < 4.78 is 0.856. The Morgan fingerprint density at radius 3 is 3.00 bits per heavy atom. The quantitative estimate of drug-likeness (QED) is 0.845. The largest absolute Gasteiger partial charge is 0.397 e. The smallest absolute Gasteiger partial charge is 0.180 e. The Labute approximate surface area is 89.6 Å².